The summed E-state index contributed by atoms with van der Waals surface area (Å²) in [5.41, 5.74) is 13.6. The summed E-state index contributed by atoms with van der Waals surface area (Å²) in [6.07, 6.45) is 23.2. The van der Waals surface area contributed by atoms with Crippen LogP contribution in [0.2, 0.25) is 0 Å². The number of rotatable bonds is 11. The van der Waals surface area contributed by atoms with E-state index in [0.717, 1.165) is 33.7 Å². The summed E-state index contributed by atoms with van der Waals surface area (Å²) in [5.74, 6) is 0. The maximum atomic E-state index is 4.10. The maximum absolute atomic E-state index is 4.10. The Hall–Kier alpha value is -7.94. The van der Waals surface area contributed by atoms with Crippen molar-refractivity contribution in [2.24, 2.45) is 0 Å². The Morgan fingerprint density at radius 3 is 1.69 bits per heavy atom. The molecule has 1 N–H and O–H groups in total. The smallest absolute Gasteiger partial charge is 0.0541 e. The highest BCUT2D eigenvalue weighted by Crippen LogP contribution is 2.36. The minimum atomic E-state index is 0.953. The van der Waals surface area contributed by atoms with Crippen molar-refractivity contribution in [3.63, 3.8) is 0 Å². The molecule has 0 aliphatic rings. The van der Waals surface area contributed by atoms with Crippen LogP contribution in [0.25, 0.3) is 55.0 Å². The first-order valence-corrected chi connectivity index (χ1v) is 25.0. The predicted octanol–water partition coefficient (Wildman–Crippen LogP) is 21.0. The molecule has 0 atom stereocenters. The van der Waals surface area contributed by atoms with Crippen molar-refractivity contribution in [1.29, 1.82) is 0 Å². The Morgan fingerprint density at radius 2 is 1.13 bits per heavy atom. The zero-order valence-electron chi connectivity index (χ0n) is 44.3. The van der Waals surface area contributed by atoms with E-state index in [0.29, 0.717) is 0 Å². The molecule has 0 unspecified atom stereocenters. The fourth-order valence-corrected chi connectivity index (χ4v) is 7.53. The molecule has 2 heteroatoms. The summed E-state index contributed by atoms with van der Waals surface area (Å²) >= 11 is 0. The molecule has 71 heavy (non-hydrogen) atoms. The number of hydrogen-bond donors (Lipinski definition) is 1. The van der Waals surface area contributed by atoms with E-state index in [1.165, 1.54) is 61.4 Å². The van der Waals surface area contributed by atoms with Crippen LogP contribution >= 0.6 is 0 Å². The first kappa shape index (κ1) is 57.4. The average molecular weight is 935 g/mol. The van der Waals surface area contributed by atoms with Gasteiger partial charge in [-0.15, -0.1) is 6.58 Å². The maximum Gasteiger partial charge on any atom is 0.0541 e. The quantitative estimate of drug-likeness (QED) is 0.101. The van der Waals surface area contributed by atoms with Gasteiger partial charge in [-0.3, -0.25) is 0 Å². The van der Waals surface area contributed by atoms with Crippen LogP contribution in [0.3, 0.4) is 0 Å². The second-order valence-electron chi connectivity index (χ2n) is 16.2. The third-order valence-corrected chi connectivity index (χ3v) is 10.6. The largest absolute Gasteiger partial charge is 0.355 e. The zero-order chi connectivity index (χ0) is 51.8. The monoisotopic (exact) mass is 935 g/mol. The van der Waals surface area contributed by atoms with E-state index < -0.39 is 0 Å². The number of fused-ring (bicyclic) bond motifs is 4. The first-order valence-electron chi connectivity index (χ1n) is 25.0. The molecule has 1 aromatic heterocycles. The second-order valence-corrected chi connectivity index (χ2v) is 16.2. The lowest BCUT2D eigenvalue weighted by Gasteiger charge is -2.14. The van der Waals surface area contributed by atoms with Crippen LogP contribution in [0.1, 0.15) is 79.9 Å². The minimum absolute atomic E-state index is 0.953. The van der Waals surface area contributed by atoms with E-state index in [2.05, 4.69) is 215 Å². The molecule has 0 amide bonds. The number of nitrogens with one attached hydrogen (secondary N) is 1. The first-order chi connectivity index (χ1) is 34.7. The van der Waals surface area contributed by atoms with E-state index in [9.17, 15) is 0 Å². The Bertz CT molecular complexity index is 3030. The summed E-state index contributed by atoms with van der Waals surface area (Å²) in [7, 11) is 0. The molecule has 0 aliphatic heterocycles. The lowest BCUT2D eigenvalue weighted by atomic mass is 9.95. The number of benzene rings is 7. The summed E-state index contributed by atoms with van der Waals surface area (Å²) in [6, 6.07) is 60.1. The van der Waals surface area contributed by atoms with Gasteiger partial charge in [0, 0.05) is 33.4 Å². The van der Waals surface area contributed by atoms with Crippen LogP contribution in [-0.4, -0.2) is 4.57 Å². The highest BCUT2D eigenvalue weighted by Gasteiger charge is 2.14. The van der Waals surface area contributed by atoms with Crippen LogP contribution in [0.4, 0.5) is 5.69 Å². The van der Waals surface area contributed by atoms with Crippen molar-refractivity contribution in [3.8, 4) is 16.8 Å². The zero-order valence-corrected chi connectivity index (χ0v) is 44.3. The van der Waals surface area contributed by atoms with Gasteiger partial charge in [-0.25, -0.2) is 0 Å². The van der Waals surface area contributed by atoms with Crippen LogP contribution in [0.5, 0.6) is 0 Å². The molecule has 1 heterocycles. The number of aryl methyl sites for hydroxylation is 1. The minimum Gasteiger partial charge on any atom is -0.355 e. The van der Waals surface area contributed by atoms with Gasteiger partial charge in [0.1, 0.15) is 0 Å². The number of anilines is 1. The summed E-state index contributed by atoms with van der Waals surface area (Å²) in [5, 5.41) is 8.51. The van der Waals surface area contributed by atoms with Gasteiger partial charge in [-0.1, -0.05) is 241 Å². The van der Waals surface area contributed by atoms with E-state index >= 15 is 0 Å². The number of para-hydroxylation sites is 2. The van der Waals surface area contributed by atoms with Crippen LogP contribution in [0, 0.1) is 6.92 Å². The second kappa shape index (κ2) is 32.7. The molecule has 2 nitrogen and oxygen atoms in total. The molecule has 0 fully saturated rings. The Morgan fingerprint density at radius 1 is 0.577 bits per heavy atom. The highest BCUT2D eigenvalue weighted by atomic mass is 15.0. The average Bonchev–Trinajstić information content (AvgIpc) is 3.74. The molecule has 0 aliphatic carbocycles. The van der Waals surface area contributed by atoms with E-state index in [4.69, 9.17) is 0 Å². The van der Waals surface area contributed by atoms with Crippen molar-refractivity contribution < 1.29 is 0 Å². The van der Waals surface area contributed by atoms with Crippen molar-refractivity contribution in [3.05, 3.63) is 284 Å². The molecule has 8 aromatic rings. The van der Waals surface area contributed by atoms with E-state index in [1.807, 2.05) is 114 Å². The lowest BCUT2D eigenvalue weighted by molar-refractivity contribution is 1.09. The summed E-state index contributed by atoms with van der Waals surface area (Å²) < 4.78 is 2.38. The molecule has 0 saturated carbocycles. The molecular formula is C69H78N2. The van der Waals surface area contributed by atoms with Gasteiger partial charge in [-0.05, 0) is 129 Å². The van der Waals surface area contributed by atoms with Gasteiger partial charge in [0.25, 0.3) is 0 Å². The van der Waals surface area contributed by atoms with Crippen molar-refractivity contribution in [2.75, 3.05) is 5.32 Å². The van der Waals surface area contributed by atoms with Gasteiger partial charge < -0.3 is 9.88 Å². The Kier molecular flexibility index (Phi) is 26.5. The standard InChI is InChI=1S/C48H40N2.C7H8.C6H10.C3H8.C3H6.C2H6/c1-5-15-38(31-34(4)43(16-6-2)46(7-3)49-41-19-9-8-10-20-41)36-23-25-37(26-24-36)40-28-30-48-45(33-40)44-21-13-14-22-47(44)50(48)42-29-27-35-17-11-12-18-39(35)32-42;1-7-5-3-2-4-6-7;1-3-5-6-4-2;2*1-3-2;1-2/h5-33,49H,1,3H2,2,4H3;2-6H,1H3;3-6H,1-2H3;3H2,1-2H3;3H,1H2,2H3;1-2H3/b16-6-,34-31+,38-15+,46-43-;;5-3-,6-4-;;;. The van der Waals surface area contributed by atoms with E-state index in [-0.39, 0.29) is 0 Å². The molecule has 7 aromatic carbocycles. The third-order valence-electron chi connectivity index (χ3n) is 10.6. The van der Waals surface area contributed by atoms with Gasteiger partial charge in [0.2, 0.25) is 0 Å². The predicted molar refractivity (Wildman–Crippen MR) is 322 cm³/mol. The van der Waals surface area contributed by atoms with Gasteiger partial charge in [0.15, 0.2) is 0 Å². The summed E-state index contributed by atoms with van der Waals surface area (Å²) in [4.78, 5) is 0. The number of hydrogen-bond acceptors (Lipinski definition) is 1. The normalized spacial score (nSPS) is 11.4. The molecule has 0 spiro atoms. The van der Waals surface area contributed by atoms with Gasteiger partial charge in [-0.2, -0.15) is 0 Å². The highest BCUT2D eigenvalue weighted by molar-refractivity contribution is 6.10. The number of aromatic nitrogens is 1. The SMILES string of the molecule is C/C=C\C=C/C.C=CC.C=C\C=C(/C=C(C)/C(/C=C\C)=C(/C=C)Nc1ccccc1)c1ccc(-c2ccc3c(c2)c2ccccc2n3-c2ccc3ccccc3c2)cc1.CC.CCC.Cc1ccccc1. The van der Waals surface area contributed by atoms with Crippen molar-refractivity contribution in [2.45, 2.75) is 75.7 Å². The van der Waals surface area contributed by atoms with Crippen molar-refractivity contribution in [1.82, 2.24) is 4.57 Å². The van der Waals surface area contributed by atoms with Gasteiger partial charge in [0.05, 0.1) is 11.0 Å². The molecule has 0 saturated heterocycles. The van der Waals surface area contributed by atoms with Crippen LogP contribution in [-0.2, 0) is 0 Å². The Balaban J connectivity index is 0.000000534. The van der Waals surface area contributed by atoms with Gasteiger partial charge >= 0.3 is 0 Å². The van der Waals surface area contributed by atoms with E-state index in [1.54, 1.807) is 6.08 Å². The fraction of sp³-hybridized carbons (Fsp3) is 0.159. The number of nitrogens with zero attached hydrogens (tertiary/aromatic N) is 1. The lowest BCUT2D eigenvalue weighted by Crippen LogP contribution is -2.01. The fourth-order valence-electron chi connectivity index (χ4n) is 7.53. The summed E-state index contributed by atoms with van der Waals surface area (Å²) in [6.45, 7) is 31.9. The molecule has 0 radical (unpaired) electrons. The third kappa shape index (κ3) is 17.5. The van der Waals surface area contributed by atoms with Crippen LogP contribution in [0.15, 0.2) is 273 Å². The van der Waals surface area contributed by atoms with Crippen LogP contribution < -0.4 is 5.32 Å². The molecule has 364 valence electrons. The molecule has 8 rings (SSSR count). The molecule has 0 bridgehead atoms. The van der Waals surface area contributed by atoms with Crippen molar-refractivity contribution >= 4 is 43.8 Å². The topological polar surface area (TPSA) is 17.0 Å². The number of allylic oxidation sites excluding steroid dienone is 14. The molecular weight excluding hydrogens is 857 g/mol. The Labute approximate surface area is 428 Å².